The lowest BCUT2D eigenvalue weighted by Gasteiger charge is -1.99. The molecule has 1 heterocycles. The molecule has 1 aromatic heterocycles. The van der Waals surface area contributed by atoms with E-state index in [1.807, 2.05) is 6.07 Å². The van der Waals surface area contributed by atoms with Crippen molar-refractivity contribution in [1.82, 2.24) is 0 Å². The van der Waals surface area contributed by atoms with Gasteiger partial charge in [-0.15, -0.1) is 11.3 Å². The number of carbonyl (C=O) groups excluding carboxylic acids is 2. The van der Waals surface area contributed by atoms with Gasteiger partial charge in [-0.25, -0.2) is 4.79 Å². The molecular formula is C14H16O3S. The zero-order chi connectivity index (χ0) is 13.0. The van der Waals surface area contributed by atoms with Gasteiger partial charge in [-0.05, 0) is 43.4 Å². The minimum atomic E-state index is -0.278. The molecule has 0 bridgehead atoms. The minimum Gasteiger partial charge on any atom is -0.465 e. The van der Waals surface area contributed by atoms with Crippen molar-refractivity contribution in [2.24, 2.45) is 0 Å². The zero-order valence-electron chi connectivity index (χ0n) is 10.4. The van der Waals surface area contributed by atoms with Gasteiger partial charge in [0.15, 0.2) is 5.78 Å². The molecular weight excluding hydrogens is 248 g/mol. The first-order valence-electron chi connectivity index (χ1n) is 6.10. The fraction of sp³-hybridized carbons (Fsp3) is 0.429. The normalized spacial score (nSPS) is 14.7. The van der Waals surface area contributed by atoms with E-state index in [2.05, 4.69) is 10.8 Å². The molecule has 0 saturated heterocycles. The van der Waals surface area contributed by atoms with Crippen molar-refractivity contribution in [1.29, 1.82) is 0 Å². The van der Waals surface area contributed by atoms with Crippen LogP contribution in [-0.2, 0) is 16.0 Å². The zero-order valence-corrected chi connectivity index (χ0v) is 11.2. The molecule has 0 aromatic carbocycles. The summed E-state index contributed by atoms with van der Waals surface area (Å²) >= 11 is 1.47. The molecule has 1 aromatic rings. The standard InChI is InChI=1S/C14H16O3S/c1-17-14(16)13-9-8-11(18-13)6-2-4-10-5-3-7-12(10)15/h5,8-9H,2-4,6-7H2,1H3. The highest BCUT2D eigenvalue weighted by molar-refractivity contribution is 7.13. The topological polar surface area (TPSA) is 43.4 Å². The number of Topliss-reactive ketones (excluding diaryl/α,β-unsaturated/α-hetero) is 1. The summed E-state index contributed by atoms with van der Waals surface area (Å²) in [7, 11) is 1.39. The summed E-state index contributed by atoms with van der Waals surface area (Å²) in [5.41, 5.74) is 0.986. The van der Waals surface area contributed by atoms with Gasteiger partial charge in [0.1, 0.15) is 4.88 Å². The van der Waals surface area contributed by atoms with Crippen molar-refractivity contribution in [2.45, 2.75) is 32.1 Å². The van der Waals surface area contributed by atoms with Crippen LogP contribution >= 0.6 is 11.3 Å². The van der Waals surface area contributed by atoms with Crippen molar-refractivity contribution >= 4 is 23.1 Å². The van der Waals surface area contributed by atoms with E-state index in [0.29, 0.717) is 17.1 Å². The molecule has 0 unspecified atom stereocenters. The second-order valence-electron chi connectivity index (χ2n) is 4.30. The quantitative estimate of drug-likeness (QED) is 0.767. The summed E-state index contributed by atoms with van der Waals surface area (Å²) in [6, 6.07) is 3.76. The second kappa shape index (κ2) is 5.96. The first kappa shape index (κ1) is 13.0. The van der Waals surface area contributed by atoms with Crippen molar-refractivity contribution in [3.63, 3.8) is 0 Å². The molecule has 3 nitrogen and oxygen atoms in total. The third-order valence-corrected chi connectivity index (χ3v) is 4.16. The molecule has 0 N–H and O–H groups in total. The van der Waals surface area contributed by atoms with Crippen molar-refractivity contribution < 1.29 is 14.3 Å². The predicted molar refractivity (Wildman–Crippen MR) is 70.9 cm³/mol. The molecule has 4 heteroatoms. The third kappa shape index (κ3) is 3.07. The number of methoxy groups -OCH3 is 1. The van der Waals surface area contributed by atoms with Crippen LogP contribution in [0.25, 0.3) is 0 Å². The van der Waals surface area contributed by atoms with Gasteiger partial charge in [-0.1, -0.05) is 6.08 Å². The number of allylic oxidation sites excluding steroid dienone is 2. The van der Waals surface area contributed by atoms with E-state index in [-0.39, 0.29) is 5.97 Å². The van der Waals surface area contributed by atoms with Crippen molar-refractivity contribution in [3.05, 3.63) is 33.5 Å². The Labute approximate surface area is 110 Å². The second-order valence-corrected chi connectivity index (χ2v) is 5.47. The van der Waals surface area contributed by atoms with Crippen LogP contribution in [0.15, 0.2) is 23.8 Å². The maximum Gasteiger partial charge on any atom is 0.348 e. The highest BCUT2D eigenvalue weighted by atomic mass is 32.1. The number of ketones is 1. The Morgan fingerprint density at radius 2 is 2.22 bits per heavy atom. The Morgan fingerprint density at radius 3 is 2.89 bits per heavy atom. The highest BCUT2D eigenvalue weighted by Gasteiger charge is 2.14. The van der Waals surface area contributed by atoms with E-state index in [1.54, 1.807) is 6.07 Å². The van der Waals surface area contributed by atoms with Gasteiger partial charge < -0.3 is 4.74 Å². The molecule has 0 spiro atoms. The first-order valence-corrected chi connectivity index (χ1v) is 6.91. The highest BCUT2D eigenvalue weighted by Crippen LogP contribution is 2.23. The maximum absolute atomic E-state index is 11.4. The first-order chi connectivity index (χ1) is 8.70. The Hall–Kier alpha value is -1.42. The molecule has 2 rings (SSSR count). The molecule has 1 aliphatic rings. The van der Waals surface area contributed by atoms with E-state index >= 15 is 0 Å². The minimum absolute atomic E-state index is 0.278. The molecule has 0 fully saturated rings. The molecule has 0 saturated carbocycles. The van der Waals surface area contributed by atoms with Gasteiger partial charge in [0.25, 0.3) is 0 Å². The van der Waals surface area contributed by atoms with Gasteiger partial charge in [0.2, 0.25) is 0 Å². The Kier molecular flexibility index (Phi) is 4.31. The predicted octanol–water partition coefficient (Wildman–Crippen LogP) is 3.15. The van der Waals surface area contributed by atoms with Crippen LogP contribution in [0.4, 0.5) is 0 Å². The van der Waals surface area contributed by atoms with Crippen LogP contribution in [0.2, 0.25) is 0 Å². The number of rotatable bonds is 5. The molecule has 96 valence electrons. The van der Waals surface area contributed by atoms with Crippen LogP contribution in [0, 0.1) is 0 Å². The lowest BCUT2D eigenvalue weighted by molar-refractivity contribution is -0.115. The van der Waals surface area contributed by atoms with Crippen LogP contribution in [0.1, 0.15) is 40.2 Å². The Bertz CT molecular complexity index is 485. The molecule has 0 aliphatic heterocycles. The average Bonchev–Trinajstić information content (AvgIpc) is 2.99. The van der Waals surface area contributed by atoms with Gasteiger partial charge >= 0.3 is 5.97 Å². The average molecular weight is 264 g/mol. The van der Waals surface area contributed by atoms with Gasteiger partial charge in [-0.2, -0.15) is 0 Å². The number of aryl methyl sites for hydroxylation is 1. The van der Waals surface area contributed by atoms with Gasteiger partial charge in [0, 0.05) is 11.3 Å². The van der Waals surface area contributed by atoms with E-state index in [0.717, 1.165) is 31.3 Å². The van der Waals surface area contributed by atoms with Crippen LogP contribution < -0.4 is 0 Å². The molecule has 0 radical (unpaired) electrons. The number of thiophene rings is 1. The number of hydrogen-bond donors (Lipinski definition) is 0. The van der Waals surface area contributed by atoms with Gasteiger partial charge in [-0.3, -0.25) is 4.79 Å². The molecule has 0 atom stereocenters. The third-order valence-electron chi connectivity index (χ3n) is 3.04. The fourth-order valence-corrected chi connectivity index (χ4v) is 3.04. The number of hydrogen-bond acceptors (Lipinski definition) is 4. The maximum atomic E-state index is 11.4. The Balaban J connectivity index is 1.82. The van der Waals surface area contributed by atoms with E-state index in [4.69, 9.17) is 0 Å². The fourth-order valence-electron chi connectivity index (χ4n) is 2.07. The van der Waals surface area contributed by atoms with Crippen LogP contribution in [0.5, 0.6) is 0 Å². The number of ether oxygens (including phenoxy) is 1. The van der Waals surface area contributed by atoms with E-state index in [1.165, 1.54) is 23.3 Å². The van der Waals surface area contributed by atoms with Crippen LogP contribution in [0.3, 0.4) is 0 Å². The summed E-state index contributed by atoms with van der Waals surface area (Å²) in [5, 5.41) is 0. The number of esters is 1. The summed E-state index contributed by atoms with van der Waals surface area (Å²) in [6.45, 7) is 0. The summed E-state index contributed by atoms with van der Waals surface area (Å²) in [5.74, 6) is 0.0244. The lowest BCUT2D eigenvalue weighted by atomic mass is 10.1. The summed E-state index contributed by atoms with van der Waals surface area (Å²) in [4.78, 5) is 24.5. The smallest absolute Gasteiger partial charge is 0.348 e. The SMILES string of the molecule is COC(=O)c1ccc(CCCC2=CCCC2=O)s1. The van der Waals surface area contributed by atoms with E-state index < -0.39 is 0 Å². The molecule has 18 heavy (non-hydrogen) atoms. The monoisotopic (exact) mass is 264 g/mol. The van der Waals surface area contributed by atoms with Gasteiger partial charge in [0.05, 0.1) is 7.11 Å². The Morgan fingerprint density at radius 1 is 1.39 bits per heavy atom. The van der Waals surface area contributed by atoms with Crippen molar-refractivity contribution in [3.8, 4) is 0 Å². The molecule has 1 aliphatic carbocycles. The molecule has 0 amide bonds. The van der Waals surface area contributed by atoms with Crippen molar-refractivity contribution in [2.75, 3.05) is 7.11 Å². The number of carbonyl (C=O) groups is 2. The summed E-state index contributed by atoms with van der Waals surface area (Å²) in [6.07, 6.45) is 6.35. The lowest BCUT2D eigenvalue weighted by Crippen LogP contribution is -1.97. The van der Waals surface area contributed by atoms with Crippen LogP contribution in [-0.4, -0.2) is 18.9 Å². The summed E-state index contributed by atoms with van der Waals surface area (Å²) < 4.78 is 4.67. The van der Waals surface area contributed by atoms with E-state index in [9.17, 15) is 9.59 Å². The largest absolute Gasteiger partial charge is 0.465 e.